The third-order valence-electron chi connectivity index (χ3n) is 8.31. The van der Waals surface area contributed by atoms with Crippen molar-refractivity contribution in [1.82, 2.24) is 19.4 Å². The molecule has 3 atom stereocenters. The monoisotopic (exact) mass is 646 g/mol. The molecule has 6 rings (SSSR count). The smallest absolute Gasteiger partial charge is 0.417 e. The van der Waals surface area contributed by atoms with Crippen LogP contribution in [0.1, 0.15) is 30.9 Å². The number of benzene rings is 2. The van der Waals surface area contributed by atoms with Crippen LogP contribution in [0.4, 0.5) is 38.3 Å². The van der Waals surface area contributed by atoms with Gasteiger partial charge in [-0.1, -0.05) is 0 Å². The number of pyridine rings is 1. The van der Waals surface area contributed by atoms with E-state index in [1.165, 1.54) is 9.47 Å². The van der Waals surface area contributed by atoms with Crippen molar-refractivity contribution < 1.29 is 31.9 Å². The summed E-state index contributed by atoms with van der Waals surface area (Å²) in [5, 5.41) is 9.68. The molecule has 1 fully saturated rings. The van der Waals surface area contributed by atoms with E-state index in [1.807, 2.05) is 0 Å². The van der Waals surface area contributed by atoms with E-state index in [4.69, 9.17) is 5.73 Å². The highest BCUT2D eigenvalue weighted by molar-refractivity contribution is 7.99. The Morgan fingerprint density at radius 1 is 1.04 bits per heavy atom. The van der Waals surface area contributed by atoms with Gasteiger partial charge in [0.05, 0.1) is 28.9 Å². The number of piperazine rings is 1. The summed E-state index contributed by atoms with van der Waals surface area (Å²) in [5.41, 5.74) is 3.05. The number of nitrogen functional groups attached to an aromatic ring is 1. The number of carbonyl (C=O) groups is 1. The molecule has 3 N–H and O–H groups in total. The van der Waals surface area contributed by atoms with Crippen LogP contribution in [-0.4, -0.2) is 61.6 Å². The molecule has 2 aliphatic rings. The van der Waals surface area contributed by atoms with E-state index in [-0.39, 0.29) is 52.9 Å². The number of hydrogen-bond acceptors (Lipinski definition) is 7. The number of nitrogens with zero attached hydrogens (tertiary/aromatic N) is 5. The Hall–Kier alpha value is -4.40. The van der Waals surface area contributed by atoms with Gasteiger partial charge >= 0.3 is 18.0 Å². The van der Waals surface area contributed by atoms with Gasteiger partial charge in [0.1, 0.15) is 17.5 Å². The first-order chi connectivity index (χ1) is 21.3. The van der Waals surface area contributed by atoms with Crippen molar-refractivity contribution in [2.75, 3.05) is 29.5 Å². The summed E-state index contributed by atoms with van der Waals surface area (Å²) < 4.78 is 75.7. The molecule has 0 spiro atoms. The molecule has 2 aromatic carbocycles. The lowest BCUT2D eigenvalue weighted by molar-refractivity contribution is -0.137. The molecule has 45 heavy (non-hydrogen) atoms. The van der Waals surface area contributed by atoms with Crippen LogP contribution in [0.25, 0.3) is 22.0 Å². The van der Waals surface area contributed by atoms with Crippen molar-refractivity contribution in [1.29, 1.82) is 0 Å². The third kappa shape index (κ3) is 5.32. The van der Waals surface area contributed by atoms with Crippen LogP contribution in [0.2, 0.25) is 0 Å². The Kier molecular flexibility index (Phi) is 7.62. The van der Waals surface area contributed by atoms with E-state index in [0.29, 0.717) is 6.07 Å². The highest BCUT2D eigenvalue weighted by Crippen LogP contribution is 2.50. The molecule has 4 heterocycles. The van der Waals surface area contributed by atoms with Gasteiger partial charge in [0.25, 0.3) is 0 Å². The Morgan fingerprint density at radius 2 is 1.71 bits per heavy atom. The Bertz CT molecular complexity index is 1870. The van der Waals surface area contributed by atoms with Crippen LogP contribution in [0, 0.1) is 11.6 Å². The molecule has 0 unspecified atom stereocenters. The average molecular weight is 647 g/mol. The molecule has 0 radical (unpaired) electrons. The number of thioether (sulfide) groups is 1. The molecule has 0 aliphatic carbocycles. The largest absolute Gasteiger partial charge is 0.465 e. The van der Waals surface area contributed by atoms with Gasteiger partial charge in [-0.25, -0.2) is 18.4 Å². The predicted molar refractivity (Wildman–Crippen MR) is 159 cm³/mol. The maximum atomic E-state index is 15.4. The first kappa shape index (κ1) is 30.6. The molecule has 15 heteroatoms. The van der Waals surface area contributed by atoms with E-state index in [0.717, 1.165) is 29.5 Å². The van der Waals surface area contributed by atoms with Crippen molar-refractivity contribution in [3.63, 3.8) is 0 Å². The second kappa shape index (κ2) is 11.2. The first-order valence-electron chi connectivity index (χ1n) is 14.0. The summed E-state index contributed by atoms with van der Waals surface area (Å²) in [6.45, 7) is 3.52. The van der Waals surface area contributed by atoms with Crippen molar-refractivity contribution in [3.8, 4) is 11.1 Å². The fraction of sp³-hybridized carbons (Fsp3) is 0.333. The lowest BCUT2D eigenvalue weighted by Gasteiger charge is -2.43. The summed E-state index contributed by atoms with van der Waals surface area (Å²) in [6.07, 6.45) is -3.01. The lowest BCUT2D eigenvalue weighted by Crippen LogP contribution is -2.58. The molecule has 2 aliphatic heterocycles. The Labute approximate surface area is 257 Å². The van der Waals surface area contributed by atoms with Crippen LogP contribution in [-0.2, 0) is 12.7 Å². The number of amides is 1. The SMILES string of the molecule is C[C@@H]1CN(c2nc(=O)n3c4c(c(-c5cc(N)c(F)cc5F)c(C(F)(F)F)cc24)SC[C@@H](c2ccncc2)C3)C[C@H](C)N1C(=O)O. The molecule has 9 nitrogen and oxygen atoms in total. The second-order valence-corrected chi connectivity index (χ2v) is 12.3. The minimum atomic E-state index is -5.01. The standard InChI is InChI=1S/C30H27F5N6O3S/c1-14-10-39(11-15(2)41(14)29(43)44)27-19-7-20(30(33,34)35)24(18-8-23(36)22(32)9-21(18)31)26-25(19)40(28(42)38-27)12-17(13-45-26)16-3-5-37-6-4-16/h3-9,14-15,17H,10-13,36H2,1-2H3,(H,43,44)/t14-,15+,17-/m0/s1. The topological polar surface area (TPSA) is 118 Å². The fourth-order valence-corrected chi connectivity index (χ4v) is 7.75. The molecule has 0 saturated carbocycles. The predicted octanol–water partition coefficient (Wildman–Crippen LogP) is 5.80. The number of hydrogen-bond donors (Lipinski definition) is 2. The zero-order valence-corrected chi connectivity index (χ0v) is 24.8. The lowest BCUT2D eigenvalue weighted by atomic mass is 9.95. The fourth-order valence-electron chi connectivity index (χ4n) is 6.36. The minimum Gasteiger partial charge on any atom is -0.465 e. The van der Waals surface area contributed by atoms with Gasteiger partial charge in [0, 0.05) is 71.2 Å². The molecule has 4 aromatic rings. The quantitative estimate of drug-likeness (QED) is 0.212. The van der Waals surface area contributed by atoms with E-state index in [1.54, 1.807) is 43.3 Å². The maximum Gasteiger partial charge on any atom is 0.417 e. The van der Waals surface area contributed by atoms with Gasteiger partial charge in [-0.3, -0.25) is 14.5 Å². The summed E-state index contributed by atoms with van der Waals surface area (Å²) in [5.74, 6) is -2.53. The molecule has 0 bridgehead atoms. The van der Waals surface area contributed by atoms with Gasteiger partial charge in [-0.2, -0.15) is 18.2 Å². The normalized spacial score (nSPS) is 20.4. The molecule has 236 valence electrons. The van der Waals surface area contributed by atoms with Crippen molar-refractivity contribution >= 4 is 40.3 Å². The van der Waals surface area contributed by atoms with Crippen LogP contribution >= 0.6 is 11.8 Å². The summed E-state index contributed by atoms with van der Waals surface area (Å²) in [7, 11) is 0. The Morgan fingerprint density at radius 3 is 2.33 bits per heavy atom. The van der Waals surface area contributed by atoms with E-state index in [2.05, 4.69) is 9.97 Å². The number of anilines is 2. The molecular weight excluding hydrogens is 619 g/mol. The van der Waals surface area contributed by atoms with Crippen molar-refractivity contribution in [2.24, 2.45) is 0 Å². The molecule has 1 amide bonds. The van der Waals surface area contributed by atoms with Gasteiger partial charge in [-0.15, -0.1) is 11.8 Å². The summed E-state index contributed by atoms with van der Waals surface area (Å²) >= 11 is 1.03. The van der Waals surface area contributed by atoms with Crippen molar-refractivity contribution in [2.45, 2.75) is 49.5 Å². The molecule has 1 saturated heterocycles. The van der Waals surface area contributed by atoms with Crippen LogP contribution < -0.4 is 16.3 Å². The maximum absolute atomic E-state index is 15.4. The highest BCUT2D eigenvalue weighted by atomic mass is 32.2. The zero-order valence-electron chi connectivity index (χ0n) is 24.0. The van der Waals surface area contributed by atoms with Gasteiger partial charge in [-0.05, 0) is 43.7 Å². The average Bonchev–Trinajstić information content (AvgIpc) is 3.17. The number of aromatic nitrogens is 3. The number of alkyl halides is 3. The molecule has 2 aromatic heterocycles. The van der Waals surface area contributed by atoms with Gasteiger partial charge in [0.15, 0.2) is 0 Å². The number of carboxylic acid groups (broad SMARTS) is 1. The van der Waals surface area contributed by atoms with Crippen LogP contribution in [0.5, 0.6) is 0 Å². The van der Waals surface area contributed by atoms with E-state index >= 15 is 4.39 Å². The number of rotatable bonds is 3. The van der Waals surface area contributed by atoms with Gasteiger partial charge in [0.2, 0.25) is 0 Å². The second-order valence-electron chi connectivity index (χ2n) is 11.3. The van der Waals surface area contributed by atoms with E-state index in [9.17, 15) is 32.3 Å². The third-order valence-corrected chi connectivity index (χ3v) is 9.56. The van der Waals surface area contributed by atoms with Gasteiger partial charge < -0.3 is 15.7 Å². The first-order valence-corrected chi connectivity index (χ1v) is 15.0. The summed E-state index contributed by atoms with van der Waals surface area (Å²) in [4.78, 5) is 36.8. The Balaban J connectivity index is 1.68. The zero-order chi connectivity index (χ0) is 32.4. The van der Waals surface area contributed by atoms with E-state index < -0.39 is 64.1 Å². The highest BCUT2D eigenvalue weighted by Gasteiger charge is 2.40. The summed E-state index contributed by atoms with van der Waals surface area (Å²) in [6, 6.07) is 4.49. The minimum absolute atomic E-state index is 0.00206. The van der Waals surface area contributed by atoms with Crippen LogP contribution in [0.3, 0.4) is 0 Å². The number of nitrogens with two attached hydrogens (primary N) is 1. The number of halogens is 5. The molecular formula is C30H27F5N6O3S. The van der Waals surface area contributed by atoms with Crippen LogP contribution in [0.15, 0.2) is 52.4 Å². The van der Waals surface area contributed by atoms with Crippen molar-refractivity contribution in [3.05, 3.63) is 76.0 Å².